The van der Waals surface area contributed by atoms with Gasteiger partial charge in [0.2, 0.25) is 0 Å². The Bertz CT molecular complexity index is 919. The van der Waals surface area contributed by atoms with Crippen molar-refractivity contribution in [2.24, 2.45) is 0 Å². The van der Waals surface area contributed by atoms with Gasteiger partial charge in [-0.2, -0.15) is 0 Å². The summed E-state index contributed by atoms with van der Waals surface area (Å²) in [6.45, 7) is 0.397. The highest BCUT2D eigenvalue weighted by Gasteiger charge is 2.11. The number of halogens is 1. The van der Waals surface area contributed by atoms with Gasteiger partial charge in [-0.05, 0) is 42.0 Å². The molecule has 3 aromatic rings. The normalized spacial score (nSPS) is 10.5. The first-order valence-electron chi connectivity index (χ1n) is 7.65. The Morgan fingerprint density at radius 3 is 2.08 bits per heavy atom. The molecule has 0 bridgehead atoms. The first kappa shape index (κ1) is 17.0. The van der Waals surface area contributed by atoms with Gasteiger partial charge in [0.15, 0.2) is 0 Å². The van der Waals surface area contributed by atoms with Gasteiger partial charge >= 0.3 is 0 Å². The van der Waals surface area contributed by atoms with Crippen LogP contribution in [0.3, 0.4) is 0 Å². The smallest absolute Gasteiger partial charge is 0.277 e. The second kappa shape index (κ2) is 7.40. The lowest BCUT2D eigenvalue weighted by Crippen LogP contribution is -2.23. The van der Waals surface area contributed by atoms with Crippen molar-refractivity contribution in [3.63, 3.8) is 0 Å². The molecule has 2 aromatic carbocycles. The average Bonchev–Trinajstić information content (AvgIpc) is 2.65. The van der Waals surface area contributed by atoms with Crippen LogP contribution in [0.4, 0.5) is 0 Å². The largest absolute Gasteiger partial charge is 0.497 e. The molecular formula is C19H17ClN2O3. The molecule has 0 atom stereocenters. The van der Waals surface area contributed by atoms with E-state index < -0.39 is 0 Å². The number of rotatable bonds is 5. The van der Waals surface area contributed by atoms with Crippen LogP contribution in [0, 0.1) is 0 Å². The van der Waals surface area contributed by atoms with Crippen LogP contribution in [0.25, 0.3) is 11.3 Å². The molecule has 25 heavy (non-hydrogen) atoms. The van der Waals surface area contributed by atoms with E-state index in [0.717, 1.165) is 11.3 Å². The van der Waals surface area contributed by atoms with Crippen molar-refractivity contribution >= 4 is 11.6 Å². The van der Waals surface area contributed by atoms with Crippen molar-refractivity contribution in [3.05, 3.63) is 75.8 Å². The molecule has 0 aliphatic heterocycles. The van der Waals surface area contributed by atoms with Gasteiger partial charge in [-0.1, -0.05) is 23.7 Å². The molecule has 0 aliphatic carbocycles. The van der Waals surface area contributed by atoms with Crippen molar-refractivity contribution in [3.8, 4) is 22.8 Å². The van der Waals surface area contributed by atoms with Crippen molar-refractivity contribution in [1.82, 2.24) is 9.55 Å². The maximum atomic E-state index is 12.8. The highest BCUT2D eigenvalue weighted by Crippen LogP contribution is 2.20. The third kappa shape index (κ3) is 3.83. The van der Waals surface area contributed by atoms with E-state index in [4.69, 9.17) is 21.1 Å². The third-order valence-corrected chi connectivity index (χ3v) is 4.00. The zero-order valence-electron chi connectivity index (χ0n) is 13.9. The van der Waals surface area contributed by atoms with E-state index in [2.05, 4.69) is 4.98 Å². The SMILES string of the molecule is COc1ccc(Cn2cc(Cl)nc(-c3ccc(OC)cc3)c2=O)cc1. The van der Waals surface area contributed by atoms with Crippen LogP contribution in [-0.4, -0.2) is 23.8 Å². The minimum absolute atomic E-state index is 0.203. The van der Waals surface area contributed by atoms with Gasteiger partial charge in [-0.25, -0.2) is 4.98 Å². The number of ether oxygens (including phenoxy) is 2. The lowest BCUT2D eigenvalue weighted by molar-refractivity contribution is 0.414. The van der Waals surface area contributed by atoms with E-state index in [1.807, 2.05) is 24.3 Å². The predicted octanol–water partition coefficient (Wildman–Crippen LogP) is 3.63. The highest BCUT2D eigenvalue weighted by molar-refractivity contribution is 6.29. The van der Waals surface area contributed by atoms with Crippen LogP contribution >= 0.6 is 11.6 Å². The number of methoxy groups -OCH3 is 2. The molecule has 0 N–H and O–H groups in total. The van der Waals surface area contributed by atoms with E-state index >= 15 is 0 Å². The summed E-state index contributed by atoms with van der Waals surface area (Å²) in [5.41, 5.74) is 1.76. The van der Waals surface area contributed by atoms with Gasteiger partial charge in [-0.15, -0.1) is 0 Å². The van der Waals surface area contributed by atoms with Crippen molar-refractivity contribution in [2.75, 3.05) is 14.2 Å². The molecule has 0 aliphatic rings. The maximum Gasteiger partial charge on any atom is 0.277 e. The summed E-state index contributed by atoms with van der Waals surface area (Å²) in [5, 5.41) is 0.263. The molecule has 0 spiro atoms. The molecule has 0 unspecified atom stereocenters. The molecule has 0 saturated carbocycles. The molecule has 3 rings (SSSR count). The second-order valence-electron chi connectivity index (χ2n) is 5.42. The molecule has 5 nitrogen and oxygen atoms in total. The Morgan fingerprint density at radius 2 is 1.52 bits per heavy atom. The molecule has 1 heterocycles. The first-order valence-corrected chi connectivity index (χ1v) is 8.03. The van der Waals surface area contributed by atoms with Gasteiger partial charge in [0.1, 0.15) is 22.3 Å². The Kier molecular flexibility index (Phi) is 5.05. The summed E-state index contributed by atoms with van der Waals surface area (Å²) in [7, 11) is 3.21. The molecular weight excluding hydrogens is 340 g/mol. The van der Waals surface area contributed by atoms with E-state index in [0.29, 0.717) is 23.6 Å². The number of benzene rings is 2. The quantitative estimate of drug-likeness (QED) is 0.700. The van der Waals surface area contributed by atoms with Crippen molar-refractivity contribution in [2.45, 2.75) is 6.54 Å². The summed E-state index contributed by atoms with van der Waals surface area (Å²) in [6, 6.07) is 14.7. The van der Waals surface area contributed by atoms with Crippen LogP contribution < -0.4 is 15.0 Å². The Labute approximate surface area is 150 Å². The summed E-state index contributed by atoms with van der Waals surface area (Å²) in [6.07, 6.45) is 1.54. The monoisotopic (exact) mass is 356 g/mol. The third-order valence-electron chi connectivity index (χ3n) is 3.82. The van der Waals surface area contributed by atoms with E-state index in [1.165, 1.54) is 0 Å². The zero-order chi connectivity index (χ0) is 17.8. The zero-order valence-corrected chi connectivity index (χ0v) is 14.7. The van der Waals surface area contributed by atoms with Crippen LogP contribution in [0.15, 0.2) is 59.5 Å². The fraction of sp³-hybridized carbons (Fsp3) is 0.158. The van der Waals surface area contributed by atoms with E-state index in [1.54, 1.807) is 49.2 Å². The Balaban J connectivity index is 1.97. The molecule has 0 radical (unpaired) electrons. The minimum Gasteiger partial charge on any atom is -0.497 e. The lowest BCUT2D eigenvalue weighted by atomic mass is 10.1. The van der Waals surface area contributed by atoms with Crippen LogP contribution in [0.5, 0.6) is 11.5 Å². The predicted molar refractivity (Wildman–Crippen MR) is 97.6 cm³/mol. The fourth-order valence-corrected chi connectivity index (χ4v) is 2.69. The topological polar surface area (TPSA) is 53.4 Å². The summed E-state index contributed by atoms with van der Waals surface area (Å²) in [5.74, 6) is 1.48. The van der Waals surface area contributed by atoms with Crippen LogP contribution in [0.2, 0.25) is 5.15 Å². The Hall–Kier alpha value is -2.79. The van der Waals surface area contributed by atoms with Gasteiger partial charge in [-0.3, -0.25) is 4.79 Å². The number of hydrogen-bond donors (Lipinski definition) is 0. The van der Waals surface area contributed by atoms with Crippen molar-refractivity contribution in [1.29, 1.82) is 0 Å². The number of aromatic nitrogens is 2. The Morgan fingerprint density at radius 1 is 0.960 bits per heavy atom. The molecule has 1 aromatic heterocycles. The number of hydrogen-bond acceptors (Lipinski definition) is 4. The number of nitrogens with zero attached hydrogens (tertiary/aromatic N) is 2. The van der Waals surface area contributed by atoms with Gasteiger partial charge in [0.25, 0.3) is 5.56 Å². The summed E-state index contributed by atoms with van der Waals surface area (Å²) < 4.78 is 11.8. The highest BCUT2D eigenvalue weighted by atomic mass is 35.5. The first-order chi connectivity index (χ1) is 12.1. The van der Waals surface area contributed by atoms with E-state index in [-0.39, 0.29) is 10.7 Å². The fourth-order valence-electron chi connectivity index (χ4n) is 2.49. The molecule has 0 fully saturated rings. The van der Waals surface area contributed by atoms with Gasteiger partial charge in [0.05, 0.1) is 20.8 Å². The lowest BCUT2D eigenvalue weighted by Gasteiger charge is -2.10. The van der Waals surface area contributed by atoms with Crippen molar-refractivity contribution < 1.29 is 9.47 Å². The average molecular weight is 357 g/mol. The van der Waals surface area contributed by atoms with Crippen LogP contribution in [-0.2, 0) is 6.54 Å². The van der Waals surface area contributed by atoms with Crippen LogP contribution in [0.1, 0.15) is 5.56 Å². The van der Waals surface area contributed by atoms with Gasteiger partial charge < -0.3 is 14.0 Å². The second-order valence-corrected chi connectivity index (χ2v) is 5.81. The minimum atomic E-state index is -0.203. The summed E-state index contributed by atoms with van der Waals surface area (Å²) >= 11 is 6.13. The van der Waals surface area contributed by atoms with Gasteiger partial charge in [0, 0.05) is 11.8 Å². The molecule has 0 saturated heterocycles. The maximum absolute atomic E-state index is 12.8. The molecule has 128 valence electrons. The molecule has 0 amide bonds. The van der Waals surface area contributed by atoms with E-state index in [9.17, 15) is 4.79 Å². The summed E-state index contributed by atoms with van der Waals surface area (Å²) in [4.78, 5) is 17.0. The standard InChI is InChI=1S/C19H17ClN2O3/c1-24-15-7-3-13(4-8-15)11-22-12-17(20)21-18(19(22)23)14-5-9-16(25-2)10-6-14/h3-10,12H,11H2,1-2H3. The molecule has 6 heteroatoms.